The highest BCUT2D eigenvalue weighted by Crippen LogP contribution is 2.20. The topological polar surface area (TPSA) is 34.8 Å². The van der Waals surface area contributed by atoms with Gasteiger partial charge in [0, 0.05) is 56.1 Å². The molecule has 4 nitrogen and oxygen atoms in total. The number of aromatic nitrogens is 3. The first-order valence-electron chi connectivity index (χ1n) is 7.53. The van der Waals surface area contributed by atoms with Crippen molar-refractivity contribution in [3.05, 3.63) is 54.2 Å². The molecule has 0 saturated carbocycles. The van der Waals surface area contributed by atoms with Crippen LogP contribution >= 0.6 is 0 Å². The molecule has 3 aromatic rings. The summed E-state index contributed by atoms with van der Waals surface area (Å²) in [6.45, 7) is 5.02. The Morgan fingerprint density at radius 1 is 1.19 bits per heavy atom. The van der Waals surface area contributed by atoms with E-state index in [2.05, 4.69) is 56.8 Å². The molecular weight excluding hydrogens is 260 g/mol. The van der Waals surface area contributed by atoms with Crippen LogP contribution in [0.15, 0.2) is 42.9 Å². The molecule has 0 aliphatic heterocycles. The first-order valence-corrected chi connectivity index (χ1v) is 7.53. The van der Waals surface area contributed by atoms with Gasteiger partial charge in [0.2, 0.25) is 0 Å². The fourth-order valence-electron chi connectivity index (χ4n) is 2.75. The van der Waals surface area contributed by atoms with Gasteiger partial charge in [-0.1, -0.05) is 19.1 Å². The van der Waals surface area contributed by atoms with Crippen molar-refractivity contribution in [3.63, 3.8) is 0 Å². The van der Waals surface area contributed by atoms with Crippen molar-refractivity contribution in [2.75, 3.05) is 6.54 Å². The van der Waals surface area contributed by atoms with E-state index < -0.39 is 0 Å². The van der Waals surface area contributed by atoms with Crippen molar-refractivity contribution >= 4 is 10.9 Å². The summed E-state index contributed by atoms with van der Waals surface area (Å²) in [5.41, 5.74) is 2.67. The van der Waals surface area contributed by atoms with Crippen LogP contribution in [0.4, 0.5) is 0 Å². The van der Waals surface area contributed by atoms with Crippen molar-refractivity contribution in [1.82, 2.24) is 19.4 Å². The molecule has 0 aliphatic carbocycles. The van der Waals surface area contributed by atoms with Crippen molar-refractivity contribution in [3.8, 4) is 0 Å². The van der Waals surface area contributed by atoms with E-state index in [4.69, 9.17) is 0 Å². The molecular formula is C17H22N4. The lowest BCUT2D eigenvalue weighted by Crippen LogP contribution is -2.11. The number of fused-ring (bicyclic) bond motifs is 1. The fourth-order valence-corrected chi connectivity index (χ4v) is 2.75. The molecule has 0 amide bonds. The highest BCUT2D eigenvalue weighted by molar-refractivity contribution is 5.83. The van der Waals surface area contributed by atoms with E-state index >= 15 is 0 Å². The smallest absolute Gasteiger partial charge is 0.110 e. The van der Waals surface area contributed by atoms with Gasteiger partial charge in [0.25, 0.3) is 0 Å². The van der Waals surface area contributed by atoms with Gasteiger partial charge < -0.3 is 14.5 Å². The summed E-state index contributed by atoms with van der Waals surface area (Å²) in [5.74, 6) is 1.13. The highest BCUT2D eigenvalue weighted by Gasteiger charge is 2.06. The monoisotopic (exact) mass is 282 g/mol. The van der Waals surface area contributed by atoms with E-state index in [1.54, 1.807) is 0 Å². The molecule has 0 atom stereocenters. The molecule has 1 N–H and O–H groups in total. The molecule has 21 heavy (non-hydrogen) atoms. The standard InChI is InChI=1S/C17H22N4/c1-3-18-13-14-5-4-6-16-15(14)7-10-21(16)11-8-17-19-9-12-20(17)2/h4-7,9-10,12,18H,3,8,11,13H2,1-2H3. The molecule has 3 rings (SSSR count). The van der Waals surface area contributed by atoms with Crippen LogP contribution in [0.1, 0.15) is 18.3 Å². The van der Waals surface area contributed by atoms with E-state index in [0.29, 0.717) is 0 Å². The number of hydrogen-bond donors (Lipinski definition) is 1. The summed E-state index contributed by atoms with van der Waals surface area (Å²) in [6.07, 6.45) is 6.99. The molecule has 110 valence electrons. The summed E-state index contributed by atoms with van der Waals surface area (Å²) >= 11 is 0. The van der Waals surface area contributed by atoms with Gasteiger partial charge in [-0.25, -0.2) is 4.98 Å². The third-order valence-electron chi connectivity index (χ3n) is 3.97. The van der Waals surface area contributed by atoms with Gasteiger partial charge in [0.1, 0.15) is 5.82 Å². The van der Waals surface area contributed by atoms with Crippen LogP contribution < -0.4 is 5.32 Å². The predicted molar refractivity (Wildman–Crippen MR) is 86.2 cm³/mol. The lowest BCUT2D eigenvalue weighted by atomic mass is 10.1. The predicted octanol–water partition coefficient (Wildman–Crippen LogP) is 2.73. The Morgan fingerprint density at radius 3 is 2.86 bits per heavy atom. The lowest BCUT2D eigenvalue weighted by Gasteiger charge is -2.08. The third kappa shape index (κ3) is 2.85. The first-order chi connectivity index (χ1) is 10.3. The van der Waals surface area contributed by atoms with Crippen LogP contribution in [0.25, 0.3) is 10.9 Å². The normalized spacial score (nSPS) is 11.3. The molecule has 0 unspecified atom stereocenters. The lowest BCUT2D eigenvalue weighted by molar-refractivity contribution is 0.667. The van der Waals surface area contributed by atoms with Crippen LogP contribution in [0.5, 0.6) is 0 Å². The molecule has 0 spiro atoms. The Bertz CT molecular complexity index is 723. The molecule has 1 aromatic carbocycles. The second-order valence-corrected chi connectivity index (χ2v) is 5.34. The van der Waals surface area contributed by atoms with Crippen molar-refractivity contribution in [1.29, 1.82) is 0 Å². The number of imidazole rings is 1. The fraction of sp³-hybridized carbons (Fsp3) is 0.353. The maximum atomic E-state index is 4.39. The van der Waals surface area contributed by atoms with E-state index in [9.17, 15) is 0 Å². The summed E-state index contributed by atoms with van der Waals surface area (Å²) in [6, 6.07) is 8.77. The Hall–Kier alpha value is -2.07. The van der Waals surface area contributed by atoms with Crippen molar-refractivity contribution < 1.29 is 0 Å². The number of nitrogens with one attached hydrogen (secondary N) is 1. The van der Waals surface area contributed by atoms with Crippen LogP contribution in [-0.4, -0.2) is 20.7 Å². The minimum Gasteiger partial charge on any atom is -0.347 e. The zero-order valence-electron chi connectivity index (χ0n) is 12.7. The molecule has 4 heteroatoms. The molecule has 2 aromatic heterocycles. The van der Waals surface area contributed by atoms with Gasteiger partial charge in [-0.15, -0.1) is 0 Å². The van der Waals surface area contributed by atoms with Gasteiger partial charge in [-0.2, -0.15) is 0 Å². The summed E-state index contributed by atoms with van der Waals surface area (Å²) < 4.78 is 4.40. The Kier molecular flexibility index (Phi) is 4.06. The van der Waals surface area contributed by atoms with Crippen LogP contribution in [-0.2, 0) is 26.6 Å². The Balaban J connectivity index is 1.81. The van der Waals surface area contributed by atoms with Crippen LogP contribution in [0.3, 0.4) is 0 Å². The molecule has 0 fully saturated rings. The maximum absolute atomic E-state index is 4.39. The number of aryl methyl sites for hydroxylation is 3. The third-order valence-corrected chi connectivity index (χ3v) is 3.97. The number of nitrogens with zero attached hydrogens (tertiary/aromatic N) is 3. The molecule has 0 bridgehead atoms. The molecule has 0 aliphatic rings. The van der Waals surface area contributed by atoms with Gasteiger partial charge in [0.15, 0.2) is 0 Å². The maximum Gasteiger partial charge on any atom is 0.110 e. The average molecular weight is 282 g/mol. The molecule has 0 saturated heterocycles. The van der Waals surface area contributed by atoms with Gasteiger partial charge in [0.05, 0.1) is 0 Å². The summed E-state index contributed by atoms with van der Waals surface area (Å²) in [5, 5.41) is 4.75. The molecule has 2 heterocycles. The number of rotatable bonds is 6. The zero-order valence-corrected chi connectivity index (χ0v) is 12.7. The van der Waals surface area contributed by atoms with Crippen molar-refractivity contribution in [2.24, 2.45) is 7.05 Å². The Morgan fingerprint density at radius 2 is 2.10 bits per heavy atom. The minimum absolute atomic E-state index is 0.928. The second-order valence-electron chi connectivity index (χ2n) is 5.34. The molecule has 0 radical (unpaired) electrons. The Labute approximate surface area is 125 Å². The van der Waals surface area contributed by atoms with Gasteiger partial charge >= 0.3 is 0 Å². The SMILES string of the molecule is CCNCc1cccc2c1ccn2CCc1nccn1C. The second kappa shape index (κ2) is 6.14. The average Bonchev–Trinajstić information content (AvgIpc) is 3.09. The minimum atomic E-state index is 0.928. The number of benzene rings is 1. The van der Waals surface area contributed by atoms with E-state index in [0.717, 1.165) is 31.9 Å². The van der Waals surface area contributed by atoms with Gasteiger partial charge in [-0.05, 0) is 24.2 Å². The summed E-state index contributed by atoms with van der Waals surface area (Å²) in [4.78, 5) is 4.39. The van der Waals surface area contributed by atoms with Crippen molar-refractivity contribution in [2.45, 2.75) is 26.4 Å². The van der Waals surface area contributed by atoms with Crippen LogP contribution in [0.2, 0.25) is 0 Å². The first kappa shape index (κ1) is 13.9. The van der Waals surface area contributed by atoms with Crippen LogP contribution in [0, 0.1) is 0 Å². The zero-order chi connectivity index (χ0) is 14.7. The van der Waals surface area contributed by atoms with E-state index in [-0.39, 0.29) is 0 Å². The highest BCUT2D eigenvalue weighted by atomic mass is 15.0. The largest absolute Gasteiger partial charge is 0.347 e. The quantitative estimate of drug-likeness (QED) is 0.754. The van der Waals surface area contributed by atoms with E-state index in [1.165, 1.54) is 16.5 Å². The van der Waals surface area contributed by atoms with Gasteiger partial charge in [-0.3, -0.25) is 0 Å². The van der Waals surface area contributed by atoms with E-state index in [1.807, 2.05) is 19.4 Å². The summed E-state index contributed by atoms with van der Waals surface area (Å²) in [7, 11) is 2.05. The number of hydrogen-bond acceptors (Lipinski definition) is 2.